The van der Waals surface area contributed by atoms with E-state index in [1.54, 1.807) is 36.4 Å². The van der Waals surface area contributed by atoms with Gasteiger partial charge in [0.1, 0.15) is 23.9 Å². The second kappa shape index (κ2) is 11.5. The molecule has 0 atom stereocenters. The largest absolute Gasteiger partial charge is 0.490 e. The number of nitrogens with one attached hydrogen (secondary N) is 1. The molecule has 1 amide bonds. The van der Waals surface area contributed by atoms with Crippen LogP contribution in [0.15, 0.2) is 72.3 Å². The molecule has 0 aliphatic rings. The summed E-state index contributed by atoms with van der Waals surface area (Å²) in [5, 5.41) is 23.7. The number of nitrogens with zero attached hydrogens (tertiary/aromatic N) is 2. The first-order chi connectivity index (χ1) is 16.4. The predicted octanol–water partition coefficient (Wildman–Crippen LogP) is 5.77. The van der Waals surface area contributed by atoms with E-state index < -0.39 is 10.8 Å². The Morgan fingerprint density at radius 2 is 1.85 bits per heavy atom. The lowest BCUT2D eigenvalue weighted by Crippen LogP contribution is -2.14. The molecule has 0 aliphatic carbocycles. The van der Waals surface area contributed by atoms with Gasteiger partial charge in [0.25, 0.3) is 11.6 Å². The number of amides is 1. The van der Waals surface area contributed by atoms with Crippen molar-refractivity contribution in [1.29, 1.82) is 5.26 Å². The van der Waals surface area contributed by atoms with Crippen LogP contribution in [-0.4, -0.2) is 17.4 Å². The van der Waals surface area contributed by atoms with E-state index in [2.05, 4.69) is 5.32 Å². The fraction of sp³-hybridized carbons (Fsp3) is 0.120. The number of rotatable bonds is 9. The van der Waals surface area contributed by atoms with Crippen LogP contribution in [0, 0.1) is 21.4 Å². The maximum atomic E-state index is 12.6. The summed E-state index contributed by atoms with van der Waals surface area (Å²) < 4.78 is 11.5. The van der Waals surface area contributed by atoms with Crippen LogP contribution in [0.25, 0.3) is 6.08 Å². The van der Waals surface area contributed by atoms with Gasteiger partial charge in [-0.25, -0.2) is 0 Å². The molecular weight excluding hydrogens is 458 g/mol. The van der Waals surface area contributed by atoms with Crippen molar-refractivity contribution < 1.29 is 19.2 Å². The average Bonchev–Trinajstić information content (AvgIpc) is 2.83. The molecule has 3 aromatic carbocycles. The zero-order valence-electron chi connectivity index (χ0n) is 18.2. The van der Waals surface area contributed by atoms with Crippen LogP contribution >= 0.6 is 11.6 Å². The Bertz CT molecular complexity index is 1270. The molecule has 0 spiro atoms. The van der Waals surface area contributed by atoms with Crippen LogP contribution in [0.4, 0.5) is 11.4 Å². The summed E-state index contributed by atoms with van der Waals surface area (Å²) in [5.74, 6) is 0.177. The first-order valence-corrected chi connectivity index (χ1v) is 10.6. The molecule has 9 heteroatoms. The number of hydrogen-bond acceptors (Lipinski definition) is 6. The number of ether oxygens (including phenoxy) is 2. The summed E-state index contributed by atoms with van der Waals surface area (Å²) in [5.41, 5.74) is 0.954. The second-order valence-corrected chi connectivity index (χ2v) is 7.39. The fourth-order valence-corrected chi connectivity index (χ4v) is 3.11. The van der Waals surface area contributed by atoms with Gasteiger partial charge in [0.05, 0.1) is 11.5 Å². The van der Waals surface area contributed by atoms with Crippen molar-refractivity contribution in [2.24, 2.45) is 0 Å². The van der Waals surface area contributed by atoms with Gasteiger partial charge < -0.3 is 14.8 Å². The smallest absolute Gasteiger partial charge is 0.292 e. The second-order valence-electron chi connectivity index (χ2n) is 6.95. The van der Waals surface area contributed by atoms with E-state index in [-0.39, 0.29) is 16.9 Å². The monoisotopic (exact) mass is 477 g/mol. The molecule has 0 aromatic heterocycles. The maximum Gasteiger partial charge on any atom is 0.292 e. The van der Waals surface area contributed by atoms with Gasteiger partial charge in [0, 0.05) is 11.1 Å². The van der Waals surface area contributed by atoms with Crippen molar-refractivity contribution >= 4 is 35.0 Å². The number of anilines is 1. The zero-order chi connectivity index (χ0) is 24.5. The third-order valence-electron chi connectivity index (χ3n) is 4.60. The number of hydrogen-bond donors (Lipinski definition) is 1. The Hall–Kier alpha value is -4.35. The average molecular weight is 478 g/mol. The van der Waals surface area contributed by atoms with Gasteiger partial charge in [0.15, 0.2) is 11.5 Å². The van der Waals surface area contributed by atoms with Crippen LogP contribution in [0.1, 0.15) is 18.1 Å². The molecule has 0 unspecified atom stereocenters. The summed E-state index contributed by atoms with van der Waals surface area (Å²) in [4.78, 5) is 23.2. The zero-order valence-corrected chi connectivity index (χ0v) is 18.9. The molecule has 3 aromatic rings. The van der Waals surface area contributed by atoms with Crippen molar-refractivity contribution in [2.75, 3.05) is 11.9 Å². The highest BCUT2D eigenvalue weighted by Gasteiger charge is 2.17. The molecule has 34 heavy (non-hydrogen) atoms. The lowest BCUT2D eigenvalue weighted by atomic mass is 10.1. The standard InChI is InChI=1S/C25H20ClN3O5/c1-2-33-24-14-18(9-12-23(24)34-16-17-7-10-20(26)11-8-17)13-19(15-27)25(30)28-21-5-3-4-6-22(21)29(31)32/h3-14H,2,16H2,1H3,(H,28,30)/b19-13+. The maximum absolute atomic E-state index is 12.6. The van der Waals surface area contributed by atoms with E-state index in [1.807, 2.05) is 25.1 Å². The van der Waals surface area contributed by atoms with Gasteiger partial charge in [0.2, 0.25) is 0 Å². The number of carbonyl (C=O) groups is 1. The first kappa shape index (κ1) is 24.3. The van der Waals surface area contributed by atoms with Crippen LogP contribution < -0.4 is 14.8 Å². The Labute approximate surface area is 201 Å². The van der Waals surface area contributed by atoms with Gasteiger partial charge in [-0.15, -0.1) is 0 Å². The Morgan fingerprint density at radius 3 is 2.53 bits per heavy atom. The van der Waals surface area contributed by atoms with E-state index in [9.17, 15) is 20.2 Å². The molecule has 0 fully saturated rings. The van der Waals surface area contributed by atoms with Gasteiger partial charge in [-0.2, -0.15) is 5.26 Å². The lowest BCUT2D eigenvalue weighted by molar-refractivity contribution is -0.383. The minimum Gasteiger partial charge on any atom is -0.490 e. The molecule has 0 bridgehead atoms. The molecule has 0 aliphatic heterocycles. The highest BCUT2D eigenvalue weighted by molar-refractivity contribution is 6.30. The van der Waals surface area contributed by atoms with Crippen molar-refractivity contribution in [3.05, 3.63) is 98.6 Å². The Kier molecular flexibility index (Phi) is 8.21. The topological polar surface area (TPSA) is 114 Å². The molecule has 0 radical (unpaired) electrons. The fourth-order valence-electron chi connectivity index (χ4n) is 2.99. The van der Waals surface area contributed by atoms with Gasteiger partial charge in [-0.1, -0.05) is 41.9 Å². The number of carbonyl (C=O) groups excluding carboxylic acids is 1. The van der Waals surface area contributed by atoms with Crippen LogP contribution in [0.5, 0.6) is 11.5 Å². The highest BCUT2D eigenvalue weighted by Crippen LogP contribution is 2.30. The van der Waals surface area contributed by atoms with E-state index in [1.165, 1.54) is 24.3 Å². The van der Waals surface area contributed by atoms with Crippen molar-refractivity contribution in [2.45, 2.75) is 13.5 Å². The van der Waals surface area contributed by atoms with E-state index >= 15 is 0 Å². The predicted molar refractivity (Wildman–Crippen MR) is 129 cm³/mol. The number of benzene rings is 3. The number of nitro benzene ring substituents is 1. The third-order valence-corrected chi connectivity index (χ3v) is 4.85. The molecule has 0 saturated heterocycles. The van der Waals surface area contributed by atoms with E-state index in [4.69, 9.17) is 21.1 Å². The molecule has 0 heterocycles. The lowest BCUT2D eigenvalue weighted by Gasteiger charge is -2.13. The normalized spacial score (nSPS) is 10.8. The Morgan fingerprint density at radius 1 is 1.12 bits per heavy atom. The number of nitriles is 1. The molecular formula is C25H20ClN3O5. The molecule has 0 saturated carbocycles. The van der Waals surface area contributed by atoms with Crippen molar-refractivity contribution in [3.63, 3.8) is 0 Å². The van der Waals surface area contributed by atoms with Gasteiger partial charge >= 0.3 is 0 Å². The van der Waals surface area contributed by atoms with Gasteiger partial charge in [-0.3, -0.25) is 14.9 Å². The summed E-state index contributed by atoms with van der Waals surface area (Å²) in [6.45, 7) is 2.51. The molecule has 8 nitrogen and oxygen atoms in total. The summed E-state index contributed by atoms with van der Waals surface area (Å²) in [6, 6.07) is 19.8. The summed E-state index contributed by atoms with van der Waals surface area (Å²) in [7, 11) is 0. The number of halogens is 1. The van der Waals surface area contributed by atoms with Crippen LogP contribution in [-0.2, 0) is 11.4 Å². The number of para-hydroxylation sites is 2. The molecule has 1 N–H and O–H groups in total. The minimum absolute atomic E-state index is 0.000368. The minimum atomic E-state index is -0.766. The highest BCUT2D eigenvalue weighted by atomic mass is 35.5. The Balaban J connectivity index is 1.80. The first-order valence-electron chi connectivity index (χ1n) is 10.2. The van der Waals surface area contributed by atoms with Crippen molar-refractivity contribution in [3.8, 4) is 17.6 Å². The van der Waals surface area contributed by atoms with Crippen LogP contribution in [0.3, 0.4) is 0 Å². The van der Waals surface area contributed by atoms with Crippen LogP contribution in [0.2, 0.25) is 5.02 Å². The van der Waals surface area contributed by atoms with Crippen molar-refractivity contribution in [1.82, 2.24) is 0 Å². The molecule has 172 valence electrons. The molecule has 3 rings (SSSR count). The van der Waals surface area contributed by atoms with Gasteiger partial charge in [-0.05, 0) is 54.5 Å². The quantitative estimate of drug-likeness (QED) is 0.181. The summed E-state index contributed by atoms with van der Waals surface area (Å²) >= 11 is 5.91. The third kappa shape index (κ3) is 6.34. The van der Waals surface area contributed by atoms with E-state index in [0.717, 1.165) is 5.56 Å². The number of nitro groups is 1. The SMILES string of the molecule is CCOc1cc(/C=C(\C#N)C(=O)Nc2ccccc2[N+](=O)[O-])ccc1OCc1ccc(Cl)cc1. The summed E-state index contributed by atoms with van der Waals surface area (Å²) in [6.07, 6.45) is 1.37. The van der Waals surface area contributed by atoms with E-state index in [0.29, 0.717) is 35.3 Å².